The van der Waals surface area contributed by atoms with Crippen LogP contribution in [0.15, 0.2) is 33.8 Å². The van der Waals surface area contributed by atoms with E-state index in [4.69, 9.17) is 9.52 Å². The summed E-state index contributed by atoms with van der Waals surface area (Å²) in [6.45, 7) is 2.15. The van der Waals surface area contributed by atoms with Gasteiger partial charge in [0.1, 0.15) is 12.1 Å². The zero-order chi connectivity index (χ0) is 21.5. The number of likely N-dealkylation sites (tertiary alicyclic amines) is 1. The summed E-state index contributed by atoms with van der Waals surface area (Å²) in [4.78, 5) is 19.0. The van der Waals surface area contributed by atoms with Crippen LogP contribution in [0, 0.1) is 5.82 Å². The number of sulfone groups is 1. The Hall–Kier alpha value is -2.62. The first-order valence-corrected chi connectivity index (χ1v) is 11.8. The van der Waals surface area contributed by atoms with Gasteiger partial charge in [-0.25, -0.2) is 22.6 Å². The number of halogens is 1. The van der Waals surface area contributed by atoms with Crippen LogP contribution in [0.4, 0.5) is 14.9 Å². The normalized spacial score (nSPS) is 20.7. The van der Waals surface area contributed by atoms with Crippen LogP contribution in [0.5, 0.6) is 0 Å². The lowest BCUT2D eigenvalue weighted by Crippen LogP contribution is -2.36. The van der Waals surface area contributed by atoms with Crippen molar-refractivity contribution in [3.63, 3.8) is 0 Å². The molecule has 0 spiro atoms. The fourth-order valence-electron chi connectivity index (χ4n) is 4.19. The average molecular weight is 437 g/mol. The molecule has 0 radical (unpaired) electrons. The molecule has 2 saturated heterocycles. The summed E-state index contributed by atoms with van der Waals surface area (Å²) < 4.78 is 43.4. The molecule has 4 rings (SSSR count). The molecule has 3 heterocycles. The van der Waals surface area contributed by atoms with Gasteiger partial charge >= 0.3 is 6.09 Å². The van der Waals surface area contributed by atoms with Crippen LogP contribution in [0.2, 0.25) is 0 Å². The van der Waals surface area contributed by atoms with Crippen LogP contribution in [0.25, 0.3) is 0 Å². The highest BCUT2D eigenvalue weighted by Crippen LogP contribution is 2.34. The zero-order valence-corrected chi connectivity index (χ0v) is 17.4. The Balaban J connectivity index is 1.42. The number of oxazole rings is 1. The molecule has 2 aliphatic rings. The van der Waals surface area contributed by atoms with E-state index in [1.54, 1.807) is 6.26 Å². The van der Waals surface area contributed by atoms with Crippen molar-refractivity contribution in [1.82, 2.24) is 9.88 Å². The Morgan fingerprint density at radius 1 is 1.20 bits per heavy atom. The maximum atomic E-state index is 14.5. The van der Waals surface area contributed by atoms with Gasteiger partial charge in [0, 0.05) is 44.3 Å². The van der Waals surface area contributed by atoms with Gasteiger partial charge in [-0.15, -0.1) is 0 Å². The second-order valence-corrected chi connectivity index (χ2v) is 9.99. The molecule has 162 valence electrons. The Morgan fingerprint density at radius 3 is 2.53 bits per heavy atom. The van der Waals surface area contributed by atoms with Gasteiger partial charge in [-0.3, -0.25) is 0 Å². The smallest absolute Gasteiger partial charge is 0.407 e. The van der Waals surface area contributed by atoms with E-state index in [9.17, 15) is 17.6 Å². The SMILES string of the molecule is CS(=O)(=O)c1ccc(N2CCC(c3coc(C4CCN(C(=O)O)CC4)n3)C2)c(F)c1. The van der Waals surface area contributed by atoms with Crippen molar-refractivity contribution in [2.45, 2.75) is 36.0 Å². The number of aromatic nitrogens is 1. The third-order valence-corrected chi connectivity index (χ3v) is 7.06. The van der Waals surface area contributed by atoms with Crippen molar-refractivity contribution in [1.29, 1.82) is 0 Å². The summed E-state index contributed by atoms with van der Waals surface area (Å²) in [6.07, 6.45) is 3.96. The quantitative estimate of drug-likeness (QED) is 0.784. The van der Waals surface area contributed by atoms with E-state index in [2.05, 4.69) is 4.98 Å². The zero-order valence-electron chi connectivity index (χ0n) is 16.6. The van der Waals surface area contributed by atoms with E-state index >= 15 is 0 Å². The van der Waals surface area contributed by atoms with E-state index in [0.29, 0.717) is 50.6 Å². The van der Waals surface area contributed by atoms with Crippen molar-refractivity contribution in [2.75, 3.05) is 37.3 Å². The summed E-state index contributed by atoms with van der Waals surface area (Å²) in [5.41, 5.74) is 1.20. The first-order valence-electron chi connectivity index (χ1n) is 9.90. The predicted molar refractivity (Wildman–Crippen MR) is 107 cm³/mol. The Bertz CT molecular complexity index is 1050. The number of piperidine rings is 1. The number of carbonyl (C=O) groups is 1. The van der Waals surface area contributed by atoms with Gasteiger partial charge in [0.05, 0.1) is 16.3 Å². The van der Waals surface area contributed by atoms with Gasteiger partial charge in [-0.1, -0.05) is 0 Å². The van der Waals surface area contributed by atoms with Crippen molar-refractivity contribution in [2.24, 2.45) is 0 Å². The van der Waals surface area contributed by atoms with Gasteiger partial charge in [0.25, 0.3) is 0 Å². The number of anilines is 1. The van der Waals surface area contributed by atoms with Gasteiger partial charge in [0.15, 0.2) is 15.7 Å². The molecule has 1 aromatic carbocycles. The molecule has 1 aromatic heterocycles. The minimum Gasteiger partial charge on any atom is -0.465 e. The lowest BCUT2D eigenvalue weighted by atomic mass is 9.97. The van der Waals surface area contributed by atoms with E-state index < -0.39 is 21.7 Å². The van der Waals surface area contributed by atoms with Crippen molar-refractivity contribution in [3.8, 4) is 0 Å². The minimum absolute atomic E-state index is 0.0328. The fourth-order valence-corrected chi connectivity index (χ4v) is 4.82. The monoisotopic (exact) mass is 437 g/mol. The van der Waals surface area contributed by atoms with E-state index in [-0.39, 0.29) is 16.7 Å². The van der Waals surface area contributed by atoms with Gasteiger partial charge in [0.2, 0.25) is 0 Å². The van der Waals surface area contributed by atoms with E-state index in [0.717, 1.165) is 24.4 Å². The molecule has 2 aromatic rings. The molecule has 1 atom stereocenters. The van der Waals surface area contributed by atoms with Crippen LogP contribution in [0.3, 0.4) is 0 Å². The van der Waals surface area contributed by atoms with Crippen LogP contribution in [-0.2, 0) is 9.84 Å². The highest BCUT2D eigenvalue weighted by Gasteiger charge is 2.31. The number of nitrogens with zero attached hydrogens (tertiary/aromatic N) is 3. The van der Waals surface area contributed by atoms with Crippen molar-refractivity contribution >= 4 is 21.6 Å². The second-order valence-electron chi connectivity index (χ2n) is 7.97. The maximum absolute atomic E-state index is 14.5. The molecular formula is C20H24FN3O5S. The molecule has 2 aliphatic heterocycles. The number of hydrogen-bond acceptors (Lipinski definition) is 6. The number of hydrogen-bond donors (Lipinski definition) is 1. The molecule has 10 heteroatoms. The molecule has 30 heavy (non-hydrogen) atoms. The molecule has 2 fully saturated rings. The summed E-state index contributed by atoms with van der Waals surface area (Å²) >= 11 is 0. The third kappa shape index (κ3) is 4.14. The molecule has 1 unspecified atom stereocenters. The molecule has 0 bridgehead atoms. The first-order chi connectivity index (χ1) is 14.2. The third-order valence-electron chi connectivity index (χ3n) is 5.95. The maximum Gasteiger partial charge on any atom is 0.407 e. The minimum atomic E-state index is -3.45. The fraction of sp³-hybridized carbons (Fsp3) is 0.500. The molecule has 0 saturated carbocycles. The Morgan fingerprint density at radius 2 is 1.90 bits per heavy atom. The topological polar surface area (TPSA) is 104 Å². The number of rotatable bonds is 4. The summed E-state index contributed by atoms with van der Waals surface area (Å²) in [5, 5.41) is 9.06. The first kappa shape index (κ1) is 20.6. The average Bonchev–Trinajstić information content (AvgIpc) is 3.37. The molecular weight excluding hydrogens is 413 g/mol. The van der Waals surface area contributed by atoms with Crippen LogP contribution in [0.1, 0.15) is 42.7 Å². The van der Waals surface area contributed by atoms with Crippen molar-refractivity contribution in [3.05, 3.63) is 41.9 Å². The standard InChI is InChI=1S/C20H24FN3O5S/c1-30(27,28)15-2-3-18(16(21)10-15)24-9-6-14(11-24)17-12-29-19(22-17)13-4-7-23(8-5-13)20(25)26/h2-3,10,12-14H,4-9,11H2,1H3,(H,25,26). The second kappa shape index (κ2) is 7.90. The van der Waals surface area contributed by atoms with E-state index in [1.807, 2.05) is 4.90 Å². The van der Waals surface area contributed by atoms with Crippen LogP contribution < -0.4 is 4.90 Å². The number of amides is 1. The summed E-state index contributed by atoms with van der Waals surface area (Å²) in [6, 6.07) is 4.01. The highest BCUT2D eigenvalue weighted by molar-refractivity contribution is 7.90. The van der Waals surface area contributed by atoms with Gasteiger partial charge < -0.3 is 19.3 Å². The number of carboxylic acid groups (broad SMARTS) is 1. The molecule has 8 nitrogen and oxygen atoms in total. The Labute approximate surface area is 174 Å². The van der Waals surface area contributed by atoms with Crippen LogP contribution >= 0.6 is 0 Å². The summed E-state index contributed by atoms with van der Waals surface area (Å²) in [5.74, 6) is 0.283. The highest BCUT2D eigenvalue weighted by atomic mass is 32.2. The van der Waals surface area contributed by atoms with Gasteiger partial charge in [-0.05, 0) is 37.5 Å². The van der Waals surface area contributed by atoms with Crippen molar-refractivity contribution < 1.29 is 27.1 Å². The molecule has 0 aliphatic carbocycles. The van der Waals surface area contributed by atoms with Crippen LogP contribution in [-0.4, -0.2) is 61.9 Å². The summed E-state index contributed by atoms with van der Waals surface area (Å²) in [7, 11) is -3.45. The number of benzene rings is 1. The Kier molecular flexibility index (Phi) is 5.44. The van der Waals surface area contributed by atoms with E-state index in [1.165, 1.54) is 17.0 Å². The molecule has 1 N–H and O–H groups in total. The molecule has 1 amide bonds. The largest absolute Gasteiger partial charge is 0.465 e. The lowest BCUT2D eigenvalue weighted by Gasteiger charge is -2.28. The van der Waals surface area contributed by atoms with Gasteiger partial charge in [-0.2, -0.15) is 0 Å². The lowest BCUT2D eigenvalue weighted by molar-refractivity contribution is 0.129. The predicted octanol–water partition coefficient (Wildman–Crippen LogP) is 3.07.